The van der Waals surface area contributed by atoms with Gasteiger partial charge in [0.05, 0.1) is 12.0 Å². The largest absolute Gasteiger partial charge is 0.494 e. The first-order valence-corrected chi connectivity index (χ1v) is 6.92. The summed E-state index contributed by atoms with van der Waals surface area (Å²) < 4.78 is 5.57. The Labute approximate surface area is 123 Å². The van der Waals surface area contributed by atoms with Gasteiger partial charge in [0, 0.05) is 11.9 Å². The second-order valence-corrected chi connectivity index (χ2v) is 4.59. The van der Waals surface area contributed by atoms with Crippen LogP contribution in [0.3, 0.4) is 0 Å². The third-order valence-electron chi connectivity index (χ3n) is 3.00. The molecule has 1 N–H and O–H groups in total. The molecule has 2 aromatic heterocycles. The highest BCUT2D eigenvalue weighted by Gasteiger charge is 2.04. The summed E-state index contributed by atoms with van der Waals surface area (Å²) in [6.45, 7) is 2.82. The molecule has 0 saturated heterocycles. The summed E-state index contributed by atoms with van der Waals surface area (Å²) in [7, 11) is 0. The van der Waals surface area contributed by atoms with Crippen molar-refractivity contribution in [2.45, 2.75) is 13.3 Å². The van der Waals surface area contributed by atoms with Crippen LogP contribution in [-0.2, 0) is 0 Å². The first kappa shape index (κ1) is 13.3. The molecule has 1 aromatic carbocycles. The molecule has 3 rings (SSSR count). The molecule has 5 nitrogen and oxygen atoms in total. The van der Waals surface area contributed by atoms with Crippen molar-refractivity contribution < 1.29 is 4.74 Å². The number of hydrogen-bond donors (Lipinski definition) is 1. The van der Waals surface area contributed by atoms with E-state index in [4.69, 9.17) is 4.74 Å². The Morgan fingerprint density at radius 3 is 2.71 bits per heavy atom. The Morgan fingerprint density at radius 1 is 1.05 bits per heavy atom. The van der Waals surface area contributed by atoms with Crippen LogP contribution in [0.4, 0.5) is 11.5 Å². The van der Waals surface area contributed by atoms with Crippen LogP contribution in [0.15, 0.2) is 48.9 Å². The third-order valence-corrected chi connectivity index (χ3v) is 3.00. The van der Waals surface area contributed by atoms with E-state index in [9.17, 15) is 0 Å². The fourth-order valence-electron chi connectivity index (χ4n) is 1.99. The summed E-state index contributed by atoms with van der Waals surface area (Å²) in [6.07, 6.45) is 4.23. The molecular weight excluding hydrogens is 264 g/mol. The zero-order chi connectivity index (χ0) is 14.5. The van der Waals surface area contributed by atoms with E-state index < -0.39 is 0 Å². The number of aromatic nitrogens is 3. The van der Waals surface area contributed by atoms with Crippen molar-refractivity contribution in [2.75, 3.05) is 11.9 Å². The van der Waals surface area contributed by atoms with E-state index in [0.29, 0.717) is 5.65 Å². The van der Waals surface area contributed by atoms with Crippen molar-refractivity contribution in [2.24, 2.45) is 0 Å². The second-order valence-electron chi connectivity index (χ2n) is 4.59. The van der Waals surface area contributed by atoms with Crippen molar-refractivity contribution in [1.29, 1.82) is 0 Å². The van der Waals surface area contributed by atoms with Gasteiger partial charge in [-0.05, 0) is 42.8 Å². The Morgan fingerprint density at radius 2 is 1.90 bits per heavy atom. The van der Waals surface area contributed by atoms with Crippen LogP contribution < -0.4 is 10.1 Å². The molecule has 0 bridgehead atoms. The number of ether oxygens (including phenoxy) is 1. The lowest BCUT2D eigenvalue weighted by Crippen LogP contribution is -1.98. The highest BCUT2D eigenvalue weighted by Crippen LogP contribution is 2.23. The van der Waals surface area contributed by atoms with Gasteiger partial charge in [-0.1, -0.05) is 6.92 Å². The predicted octanol–water partition coefficient (Wildman–Crippen LogP) is 3.56. The number of fused-ring (bicyclic) bond motifs is 1. The maximum Gasteiger partial charge on any atom is 0.164 e. The molecule has 2 heterocycles. The van der Waals surface area contributed by atoms with Crippen LogP contribution in [0.1, 0.15) is 13.3 Å². The quantitative estimate of drug-likeness (QED) is 0.774. The van der Waals surface area contributed by atoms with Gasteiger partial charge in [0.25, 0.3) is 0 Å². The van der Waals surface area contributed by atoms with E-state index in [1.807, 2.05) is 36.4 Å². The van der Waals surface area contributed by atoms with E-state index >= 15 is 0 Å². The summed E-state index contributed by atoms with van der Waals surface area (Å²) in [5.74, 6) is 1.62. The summed E-state index contributed by atoms with van der Waals surface area (Å²) in [4.78, 5) is 12.7. The number of pyridine rings is 1. The molecule has 0 atom stereocenters. The van der Waals surface area contributed by atoms with E-state index in [1.54, 1.807) is 6.20 Å². The molecule has 0 amide bonds. The molecule has 0 aliphatic heterocycles. The standard InChI is InChI=1S/C16H16N4O/c1-2-10-21-13-7-5-12(6-8-13)20-16-14-4-3-9-17-15(14)18-11-19-16/h3-9,11H,2,10H2,1H3,(H,17,18,19,20). The average molecular weight is 280 g/mol. The van der Waals surface area contributed by atoms with E-state index in [-0.39, 0.29) is 0 Å². The molecule has 3 aromatic rings. The van der Waals surface area contributed by atoms with Crippen LogP contribution in [0.2, 0.25) is 0 Å². The molecule has 0 unspecified atom stereocenters. The maximum atomic E-state index is 5.57. The van der Waals surface area contributed by atoms with E-state index in [1.165, 1.54) is 6.33 Å². The summed E-state index contributed by atoms with van der Waals surface area (Å²) >= 11 is 0. The van der Waals surface area contributed by atoms with E-state index in [2.05, 4.69) is 27.2 Å². The van der Waals surface area contributed by atoms with Crippen LogP contribution >= 0.6 is 0 Å². The lowest BCUT2D eigenvalue weighted by molar-refractivity contribution is 0.317. The Hall–Kier alpha value is -2.69. The van der Waals surface area contributed by atoms with Gasteiger partial charge >= 0.3 is 0 Å². The number of rotatable bonds is 5. The van der Waals surface area contributed by atoms with Gasteiger partial charge in [0.2, 0.25) is 0 Å². The summed E-state index contributed by atoms with van der Waals surface area (Å²) in [5.41, 5.74) is 1.63. The monoisotopic (exact) mass is 280 g/mol. The number of hydrogen-bond acceptors (Lipinski definition) is 5. The molecule has 0 radical (unpaired) electrons. The molecule has 0 aliphatic carbocycles. The number of nitrogens with one attached hydrogen (secondary N) is 1. The lowest BCUT2D eigenvalue weighted by atomic mass is 10.2. The Kier molecular flexibility index (Phi) is 3.91. The Balaban J connectivity index is 1.82. The van der Waals surface area contributed by atoms with Crippen LogP contribution in [0, 0.1) is 0 Å². The number of anilines is 2. The van der Waals surface area contributed by atoms with Crippen LogP contribution in [0.25, 0.3) is 11.0 Å². The van der Waals surface area contributed by atoms with Gasteiger partial charge < -0.3 is 10.1 Å². The van der Waals surface area contributed by atoms with Crippen molar-refractivity contribution in [3.63, 3.8) is 0 Å². The average Bonchev–Trinajstić information content (AvgIpc) is 2.55. The van der Waals surface area contributed by atoms with Gasteiger partial charge in [-0.15, -0.1) is 0 Å². The fraction of sp³-hybridized carbons (Fsp3) is 0.188. The first-order valence-electron chi connectivity index (χ1n) is 6.92. The second kappa shape index (κ2) is 6.17. The molecule has 5 heteroatoms. The maximum absolute atomic E-state index is 5.57. The highest BCUT2D eigenvalue weighted by molar-refractivity contribution is 5.87. The predicted molar refractivity (Wildman–Crippen MR) is 82.8 cm³/mol. The number of nitrogens with zero attached hydrogens (tertiary/aromatic N) is 3. The molecule has 106 valence electrons. The zero-order valence-electron chi connectivity index (χ0n) is 11.8. The minimum atomic E-state index is 0.679. The van der Waals surface area contributed by atoms with Crippen molar-refractivity contribution in [3.05, 3.63) is 48.9 Å². The molecule has 0 saturated carbocycles. The number of benzene rings is 1. The molecular formula is C16H16N4O. The Bertz CT molecular complexity index is 722. The SMILES string of the molecule is CCCOc1ccc(Nc2ncnc3ncccc23)cc1. The smallest absolute Gasteiger partial charge is 0.164 e. The minimum Gasteiger partial charge on any atom is -0.494 e. The van der Waals surface area contributed by atoms with Crippen LogP contribution in [-0.4, -0.2) is 21.6 Å². The van der Waals surface area contributed by atoms with Crippen molar-refractivity contribution in [1.82, 2.24) is 15.0 Å². The summed E-state index contributed by atoms with van der Waals surface area (Å²) in [5, 5.41) is 4.18. The van der Waals surface area contributed by atoms with Crippen LogP contribution in [0.5, 0.6) is 5.75 Å². The molecule has 0 fully saturated rings. The summed E-state index contributed by atoms with van der Waals surface area (Å²) in [6, 6.07) is 11.6. The molecule has 21 heavy (non-hydrogen) atoms. The fourth-order valence-corrected chi connectivity index (χ4v) is 1.99. The molecule has 0 aliphatic rings. The topological polar surface area (TPSA) is 59.9 Å². The lowest BCUT2D eigenvalue weighted by Gasteiger charge is -2.09. The third kappa shape index (κ3) is 3.08. The zero-order valence-corrected chi connectivity index (χ0v) is 11.8. The first-order chi connectivity index (χ1) is 10.4. The van der Waals surface area contributed by atoms with Gasteiger partial charge in [0.1, 0.15) is 17.9 Å². The molecule has 0 spiro atoms. The van der Waals surface area contributed by atoms with Crippen molar-refractivity contribution in [3.8, 4) is 5.75 Å². The highest BCUT2D eigenvalue weighted by atomic mass is 16.5. The van der Waals surface area contributed by atoms with Gasteiger partial charge in [-0.25, -0.2) is 15.0 Å². The van der Waals surface area contributed by atoms with Gasteiger partial charge in [-0.3, -0.25) is 0 Å². The minimum absolute atomic E-state index is 0.679. The van der Waals surface area contributed by atoms with E-state index in [0.717, 1.165) is 35.7 Å². The van der Waals surface area contributed by atoms with Gasteiger partial charge in [-0.2, -0.15) is 0 Å². The van der Waals surface area contributed by atoms with Gasteiger partial charge in [0.15, 0.2) is 5.65 Å². The normalized spacial score (nSPS) is 10.5. The van der Waals surface area contributed by atoms with Crippen molar-refractivity contribution >= 4 is 22.5 Å².